The molecule has 7 nitrogen and oxygen atoms in total. The van der Waals surface area contributed by atoms with E-state index in [9.17, 15) is 18.0 Å². The Balaban J connectivity index is 1.31. The van der Waals surface area contributed by atoms with Crippen LogP contribution in [0.3, 0.4) is 0 Å². The Labute approximate surface area is 217 Å². The van der Waals surface area contributed by atoms with Gasteiger partial charge in [-0.2, -0.15) is 18.3 Å². The molecule has 0 spiro atoms. The number of rotatable bonds is 8. The predicted molar refractivity (Wildman–Crippen MR) is 135 cm³/mol. The van der Waals surface area contributed by atoms with Crippen LogP contribution in [-0.4, -0.2) is 40.5 Å². The van der Waals surface area contributed by atoms with Gasteiger partial charge in [-0.1, -0.05) is 24.3 Å². The smallest absolute Gasteiger partial charge is 0.416 e. The molecule has 1 saturated heterocycles. The van der Waals surface area contributed by atoms with Crippen LogP contribution < -0.4 is 10.1 Å². The Kier molecular flexibility index (Phi) is 7.15. The average Bonchev–Trinajstić information content (AvgIpc) is 3.34. The number of hydrogen-bond donors (Lipinski definition) is 1. The third kappa shape index (κ3) is 5.86. The summed E-state index contributed by atoms with van der Waals surface area (Å²) in [6.07, 6.45) is 2.33. The molecule has 0 saturated carbocycles. The number of amides is 1. The molecule has 2 aromatic carbocycles. The molecule has 1 aliphatic heterocycles. The molecule has 10 heteroatoms. The van der Waals surface area contributed by atoms with E-state index >= 15 is 0 Å². The summed E-state index contributed by atoms with van der Waals surface area (Å²) in [6.45, 7) is 3.88. The van der Waals surface area contributed by atoms with Crippen molar-refractivity contribution in [3.8, 4) is 22.6 Å². The molecule has 4 aromatic rings. The maximum atomic E-state index is 13.0. The van der Waals surface area contributed by atoms with E-state index in [1.54, 1.807) is 35.4 Å². The molecular weight excluding hydrogens is 497 g/mol. The molecule has 1 amide bonds. The number of pyridine rings is 1. The van der Waals surface area contributed by atoms with Gasteiger partial charge in [0.2, 0.25) is 5.91 Å². The van der Waals surface area contributed by atoms with Crippen molar-refractivity contribution in [1.29, 1.82) is 0 Å². The largest absolute Gasteiger partial charge is 0.492 e. The lowest BCUT2D eigenvalue weighted by atomic mass is 10.1. The van der Waals surface area contributed by atoms with Gasteiger partial charge in [0.05, 0.1) is 43.7 Å². The molecule has 2 aromatic heterocycles. The maximum Gasteiger partial charge on any atom is 0.416 e. The zero-order valence-electron chi connectivity index (χ0n) is 20.5. The van der Waals surface area contributed by atoms with E-state index in [1.807, 2.05) is 25.3 Å². The standard InChI is InChI=1S/C28H25F3N4O3/c1-18-5-6-23(34-27(36)10-19-3-2-4-22(9-19)28(29,30)31)11-25(18)35-14-21(12-33-35)24-13-32-8-7-26(24)38-17-20-15-37-16-20/h2-9,11-14,20H,10,15-17H2,1H3,(H,34,36). The lowest BCUT2D eigenvalue weighted by Crippen LogP contribution is -2.32. The van der Waals surface area contributed by atoms with Gasteiger partial charge in [-0.25, -0.2) is 4.68 Å². The normalized spacial score (nSPS) is 13.7. The molecule has 1 N–H and O–H groups in total. The molecule has 196 valence electrons. The Morgan fingerprint density at radius 2 is 2.00 bits per heavy atom. The van der Waals surface area contributed by atoms with E-state index < -0.39 is 17.6 Å². The van der Waals surface area contributed by atoms with Gasteiger partial charge >= 0.3 is 6.18 Å². The van der Waals surface area contributed by atoms with Gasteiger partial charge in [-0.15, -0.1) is 0 Å². The molecule has 1 aliphatic rings. The first-order valence-corrected chi connectivity index (χ1v) is 12.0. The maximum absolute atomic E-state index is 13.0. The minimum Gasteiger partial charge on any atom is -0.492 e. The van der Waals surface area contributed by atoms with E-state index in [-0.39, 0.29) is 12.0 Å². The molecule has 0 atom stereocenters. The Hall–Kier alpha value is -4.18. The van der Waals surface area contributed by atoms with Gasteiger partial charge < -0.3 is 14.8 Å². The van der Waals surface area contributed by atoms with Gasteiger partial charge in [0.15, 0.2) is 0 Å². The lowest BCUT2D eigenvalue weighted by Gasteiger charge is -2.26. The Morgan fingerprint density at radius 1 is 1.16 bits per heavy atom. The molecule has 0 aliphatic carbocycles. The summed E-state index contributed by atoms with van der Waals surface area (Å²) >= 11 is 0. The first kappa shape index (κ1) is 25.5. The van der Waals surface area contributed by atoms with Crippen LogP contribution in [0.25, 0.3) is 16.8 Å². The number of halogens is 3. The van der Waals surface area contributed by atoms with Gasteiger partial charge in [-0.3, -0.25) is 9.78 Å². The van der Waals surface area contributed by atoms with Crippen molar-refractivity contribution < 1.29 is 27.4 Å². The van der Waals surface area contributed by atoms with Crippen LogP contribution in [0.15, 0.2) is 73.3 Å². The highest BCUT2D eigenvalue weighted by Gasteiger charge is 2.30. The Morgan fingerprint density at radius 3 is 2.76 bits per heavy atom. The highest BCUT2D eigenvalue weighted by atomic mass is 19.4. The summed E-state index contributed by atoms with van der Waals surface area (Å²) in [5.41, 5.74) is 3.29. The fourth-order valence-electron chi connectivity index (χ4n) is 4.09. The number of benzene rings is 2. The van der Waals surface area contributed by atoms with E-state index in [0.29, 0.717) is 37.2 Å². The van der Waals surface area contributed by atoms with Gasteiger partial charge in [0.25, 0.3) is 0 Å². The zero-order chi connectivity index (χ0) is 26.7. The van der Waals surface area contributed by atoms with Crippen LogP contribution >= 0.6 is 0 Å². The minimum absolute atomic E-state index is 0.185. The molecule has 0 unspecified atom stereocenters. The number of alkyl halides is 3. The van der Waals surface area contributed by atoms with Crippen molar-refractivity contribution in [2.75, 3.05) is 25.1 Å². The van der Waals surface area contributed by atoms with Crippen molar-refractivity contribution in [3.63, 3.8) is 0 Å². The molecule has 5 rings (SSSR count). The van der Waals surface area contributed by atoms with Crippen molar-refractivity contribution in [2.24, 2.45) is 5.92 Å². The van der Waals surface area contributed by atoms with Crippen molar-refractivity contribution in [1.82, 2.24) is 14.8 Å². The SMILES string of the molecule is Cc1ccc(NC(=O)Cc2cccc(C(F)(F)F)c2)cc1-n1cc(-c2cnccc2OCC2COC2)cn1. The molecular formula is C28H25F3N4O3. The monoisotopic (exact) mass is 522 g/mol. The summed E-state index contributed by atoms with van der Waals surface area (Å²) in [6, 6.07) is 11.9. The highest BCUT2D eigenvalue weighted by molar-refractivity contribution is 5.92. The van der Waals surface area contributed by atoms with Crippen LogP contribution in [0.2, 0.25) is 0 Å². The van der Waals surface area contributed by atoms with Crippen LogP contribution in [0.1, 0.15) is 16.7 Å². The fourth-order valence-corrected chi connectivity index (χ4v) is 4.09. The van der Waals surface area contributed by atoms with Gasteiger partial charge in [0.1, 0.15) is 5.75 Å². The zero-order valence-corrected chi connectivity index (χ0v) is 20.5. The number of hydrogen-bond acceptors (Lipinski definition) is 5. The van der Waals surface area contributed by atoms with E-state index in [2.05, 4.69) is 15.4 Å². The summed E-state index contributed by atoms with van der Waals surface area (Å²) in [7, 11) is 0. The van der Waals surface area contributed by atoms with Gasteiger partial charge in [0, 0.05) is 41.3 Å². The summed E-state index contributed by atoms with van der Waals surface area (Å²) < 4.78 is 51.9. The average molecular weight is 523 g/mol. The van der Waals surface area contributed by atoms with E-state index in [1.165, 1.54) is 12.1 Å². The number of nitrogens with one attached hydrogen (secondary N) is 1. The summed E-state index contributed by atoms with van der Waals surface area (Å²) in [4.78, 5) is 16.8. The summed E-state index contributed by atoms with van der Waals surface area (Å²) in [5.74, 6) is 0.668. The summed E-state index contributed by atoms with van der Waals surface area (Å²) in [5, 5.41) is 7.27. The third-order valence-electron chi connectivity index (χ3n) is 6.22. The second-order valence-corrected chi connectivity index (χ2v) is 9.18. The molecule has 1 fully saturated rings. The van der Waals surface area contributed by atoms with Crippen LogP contribution in [-0.2, 0) is 22.1 Å². The first-order valence-electron chi connectivity index (χ1n) is 12.0. The Bertz CT molecular complexity index is 1450. The lowest BCUT2D eigenvalue weighted by molar-refractivity contribution is -0.137. The number of nitrogens with zero attached hydrogens (tertiary/aromatic N) is 3. The highest BCUT2D eigenvalue weighted by Crippen LogP contribution is 2.31. The molecule has 0 bridgehead atoms. The predicted octanol–water partition coefficient (Wildman–Crippen LogP) is 5.47. The minimum atomic E-state index is -4.46. The van der Waals surface area contributed by atoms with Crippen LogP contribution in [0.5, 0.6) is 5.75 Å². The number of aryl methyl sites for hydroxylation is 1. The van der Waals surface area contributed by atoms with Crippen LogP contribution in [0.4, 0.5) is 18.9 Å². The number of aromatic nitrogens is 3. The topological polar surface area (TPSA) is 78.3 Å². The number of carbonyl (C=O) groups is 1. The molecule has 38 heavy (non-hydrogen) atoms. The first-order chi connectivity index (χ1) is 18.3. The van der Waals surface area contributed by atoms with Crippen molar-refractivity contribution in [2.45, 2.75) is 19.5 Å². The molecule has 3 heterocycles. The van der Waals surface area contributed by atoms with E-state index in [4.69, 9.17) is 9.47 Å². The quantitative estimate of drug-likeness (QED) is 0.332. The van der Waals surface area contributed by atoms with Crippen LogP contribution in [0, 0.1) is 12.8 Å². The number of anilines is 1. The van der Waals surface area contributed by atoms with Crippen molar-refractivity contribution in [3.05, 3.63) is 90.0 Å². The second kappa shape index (κ2) is 10.7. The third-order valence-corrected chi connectivity index (χ3v) is 6.22. The van der Waals surface area contributed by atoms with Gasteiger partial charge in [-0.05, 0) is 42.3 Å². The number of ether oxygens (including phenoxy) is 2. The van der Waals surface area contributed by atoms with E-state index in [0.717, 1.165) is 34.5 Å². The molecule has 0 radical (unpaired) electrons. The number of carbonyl (C=O) groups excluding carboxylic acids is 1. The second-order valence-electron chi connectivity index (χ2n) is 9.18. The van der Waals surface area contributed by atoms with Crippen molar-refractivity contribution >= 4 is 11.6 Å². The fraction of sp³-hybridized carbons (Fsp3) is 0.250.